The van der Waals surface area contributed by atoms with Crippen LogP contribution in [-0.4, -0.2) is 29.6 Å². The third kappa shape index (κ3) is 1.70. The van der Waals surface area contributed by atoms with Crippen LogP contribution in [0.3, 0.4) is 0 Å². The second-order valence-electron chi connectivity index (χ2n) is 5.89. The third-order valence-electron chi connectivity index (χ3n) is 4.90. The molecule has 4 heteroatoms. The van der Waals surface area contributed by atoms with Crippen molar-refractivity contribution < 1.29 is 19.4 Å². The summed E-state index contributed by atoms with van der Waals surface area (Å²) >= 11 is 0. The summed E-state index contributed by atoms with van der Waals surface area (Å²) in [5.41, 5.74) is 1.23. The molecule has 1 aliphatic heterocycles. The Labute approximate surface area is 112 Å². The summed E-state index contributed by atoms with van der Waals surface area (Å²) in [5, 5.41) is 9.47. The summed E-state index contributed by atoms with van der Waals surface area (Å²) in [7, 11) is 0. The quantitative estimate of drug-likeness (QED) is 0.570. The number of aliphatic hydroxyl groups is 1. The molecule has 0 aromatic carbocycles. The van der Waals surface area contributed by atoms with Gasteiger partial charge in [0.25, 0.3) is 0 Å². The average molecular weight is 262 g/mol. The van der Waals surface area contributed by atoms with Gasteiger partial charge in [0, 0.05) is 23.3 Å². The van der Waals surface area contributed by atoms with Gasteiger partial charge in [-0.25, -0.2) is 4.79 Å². The van der Waals surface area contributed by atoms with Gasteiger partial charge >= 0.3 is 5.97 Å². The van der Waals surface area contributed by atoms with E-state index in [0.29, 0.717) is 11.1 Å². The van der Waals surface area contributed by atoms with Gasteiger partial charge in [-0.1, -0.05) is 13.5 Å². The number of carbonyl (C=O) groups excluding carboxylic acids is 2. The lowest BCUT2D eigenvalue weighted by Gasteiger charge is -2.28. The number of ether oxygens (including phenoxy) is 1. The van der Waals surface area contributed by atoms with Crippen LogP contribution in [0.4, 0.5) is 0 Å². The Morgan fingerprint density at radius 3 is 2.79 bits per heavy atom. The van der Waals surface area contributed by atoms with Crippen molar-refractivity contribution in [2.45, 2.75) is 25.9 Å². The maximum Gasteiger partial charge on any atom is 0.334 e. The first-order valence-electron chi connectivity index (χ1n) is 6.79. The number of esters is 1. The minimum absolute atomic E-state index is 0.00852. The maximum absolute atomic E-state index is 12.1. The molecule has 0 amide bonds. The largest absolute Gasteiger partial charge is 0.458 e. The Balaban J connectivity index is 2.02. The Hall–Kier alpha value is -1.42. The van der Waals surface area contributed by atoms with E-state index < -0.39 is 0 Å². The molecule has 0 aromatic heterocycles. The van der Waals surface area contributed by atoms with Crippen molar-refractivity contribution >= 4 is 11.8 Å². The van der Waals surface area contributed by atoms with Crippen molar-refractivity contribution in [1.29, 1.82) is 0 Å². The normalized spacial score (nSPS) is 41.5. The highest BCUT2D eigenvalue weighted by molar-refractivity contribution is 5.97. The van der Waals surface area contributed by atoms with Crippen molar-refractivity contribution in [3.63, 3.8) is 0 Å². The van der Waals surface area contributed by atoms with E-state index in [-0.39, 0.29) is 48.1 Å². The molecule has 1 N–H and O–H groups in total. The Morgan fingerprint density at radius 2 is 2.11 bits per heavy atom. The first kappa shape index (κ1) is 12.6. The second-order valence-corrected chi connectivity index (χ2v) is 5.89. The smallest absolute Gasteiger partial charge is 0.334 e. The van der Waals surface area contributed by atoms with E-state index in [2.05, 4.69) is 13.5 Å². The molecule has 1 saturated heterocycles. The summed E-state index contributed by atoms with van der Waals surface area (Å²) in [6, 6.07) is 0. The van der Waals surface area contributed by atoms with Crippen LogP contribution in [0.15, 0.2) is 23.8 Å². The van der Waals surface area contributed by atoms with Crippen LogP contribution in [0.5, 0.6) is 0 Å². The Morgan fingerprint density at radius 1 is 1.37 bits per heavy atom. The fourth-order valence-electron chi connectivity index (χ4n) is 3.90. The van der Waals surface area contributed by atoms with E-state index in [0.717, 1.165) is 12.8 Å². The minimum atomic E-state index is -0.347. The predicted octanol–water partition coefficient (Wildman–Crippen LogP) is 1.25. The average Bonchev–Trinajstić information content (AvgIpc) is 2.80. The first-order chi connectivity index (χ1) is 9.04. The number of aliphatic hydroxyl groups excluding tert-OH is 1. The molecule has 0 spiro atoms. The molecule has 3 rings (SSSR count). The lowest BCUT2D eigenvalue weighted by atomic mass is 9.78. The zero-order valence-corrected chi connectivity index (χ0v) is 11.0. The molecule has 4 nitrogen and oxygen atoms in total. The fraction of sp³-hybridized carbons (Fsp3) is 0.600. The van der Waals surface area contributed by atoms with E-state index in [9.17, 15) is 14.7 Å². The van der Waals surface area contributed by atoms with Gasteiger partial charge in [0.05, 0.1) is 6.61 Å². The number of carbonyl (C=O) groups is 2. The highest BCUT2D eigenvalue weighted by Gasteiger charge is 2.53. The molecule has 1 heterocycles. The third-order valence-corrected chi connectivity index (χ3v) is 4.90. The zero-order valence-electron chi connectivity index (χ0n) is 11.0. The number of rotatable bonds is 1. The van der Waals surface area contributed by atoms with Crippen LogP contribution < -0.4 is 0 Å². The molecular weight excluding hydrogens is 244 g/mol. The number of ketones is 1. The van der Waals surface area contributed by atoms with Gasteiger partial charge < -0.3 is 9.84 Å². The van der Waals surface area contributed by atoms with Gasteiger partial charge in [-0.05, 0) is 30.4 Å². The van der Waals surface area contributed by atoms with Gasteiger partial charge in [-0.2, -0.15) is 0 Å². The minimum Gasteiger partial charge on any atom is -0.458 e. The van der Waals surface area contributed by atoms with E-state index in [4.69, 9.17) is 4.74 Å². The van der Waals surface area contributed by atoms with E-state index >= 15 is 0 Å². The molecule has 0 radical (unpaired) electrons. The van der Waals surface area contributed by atoms with Crippen molar-refractivity contribution in [1.82, 2.24) is 0 Å². The van der Waals surface area contributed by atoms with Gasteiger partial charge in [-0.15, -0.1) is 0 Å². The number of hydrogen-bond donors (Lipinski definition) is 1. The van der Waals surface area contributed by atoms with Gasteiger partial charge in [-0.3, -0.25) is 4.79 Å². The summed E-state index contributed by atoms with van der Waals surface area (Å²) in [5.74, 6) is -0.365. The number of hydrogen-bond acceptors (Lipinski definition) is 4. The first-order valence-corrected chi connectivity index (χ1v) is 6.79. The Bertz CT molecular complexity index is 490. The summed E-state index contributed by atoms with van der Waals surface area (Å²) < 4.78 is 5.46. The molecule has 3 aliphatic rings. The summed E-state index contributed by atoms with van der Waals surface area (Å²) in [6.45, 7) is 5.75. The van der Waals surface area contributed by atoms with Crippen molar-refractivity contribution in [3.05, 3.63) is 23.8 Å². The van der Waals surface area contributed by atoms with Crippen LogP contribution in [0.25, 0.3) is 0 Å². The van der Waals surface area contributed by atoms with Crippen LogP contribution in [0, 0.1) is 23.7 Å². The van der Waals surface area contributed by atoms with E-state index in [1.807, 2.05) is 0 Å². The van der Waals surface area contributed by atoms with E-state index in [1.54, 1.807) is 6.08 Å². The van der Waals surface area contributed by atoms with Crippen molar-refractivity contribution in [3.8, 4) is 0 Å². The van der Waals surface area contributed by atoms with Crippen LogP contribution in [0.2, 0.25) is 0 Å². The topological polar surface area (TPSA) is 63.6 Å². The lowest BCUT2D eigenvalue weighted by Crippen LogP contribution is -2.34. The highest BCUT2D eigenvalue weighted by atomic mass is 16.6. The highest BCUT2D eigenvalue weighted by Crippen LogP contribution is 2.49. The second kappa shape index (κ2) is 4.30. The standard InChI is InChI=1S/C15H18O4/c1-7-3-4-10-8(2)15(18)19-14(10)13-9(6-16)5-11(17)12(7)13/h5,7,10,12-14,16H,2-4,6H2,1H3/t7-,10-,12-,13-,14-/m0/s1. The summed E-state index contributed by atoms with van der Waals surface area (Å²) in [4.78, 5) is 23.9. The molecule has 0 bridgehead atoms. The van der Waals surface area contributed by atoms with Crippen molar-refractivity contribution in [2.24, 2.45) is 23.7 Å². The zero-order chi connectivity index (χ0) is 13.7. The summed E-state index contributed by atoms with van der Waals surface area (Å²) in [6.07, 6.45) is 2.94. The van der Waals surface area contributed by atoms with Crippen LogP contribution in [-0.2, 0) is 14.3 Å². The fourth-order valence-corrected chi connectivity index (χ4v) is 3.90. The maximum atomic E-state index is 12.1. The van der Waals surface area contributed by atoms with Crippen LogP contribution in [0.1, 0.15) is 19.8 Å². The molecule has 0 unspecified atom stereocenters. The SMILES string of the molecule is C=C1C(=O)O[C@@H]2[C@H]3C(CO)=CC(=O)[C@@H]3[C@@H](C)CC[C@@H]12. The lowest BCUT2D eigenvalue weighted by molar-refractivity contribution is -0.142. The molecule has 5 atom stereocenters. The number of fused-ring (bicyclic) bond motifs is 3. The predicted molar refractivity (Wildman–Crippen MR) is 68.1 cm³/mol. The van der Waals surface area contributed by atoms with Crippen molar-refractivity contribution in [2.75, 3.05) is 6.61 Å². The molecule has 1 saturated carbocycles. The monoisotopic (exact) mass is 262 g/mol. The Kier molecular flexibility index (Phi) is 2.86. The van der Waals surface area contributed by atoms with Gasteiger partial charge in [0.2, 0.25) is 0 Å². The molecule has 102 valence electrons. The molecule has 19 heavy (non-hydrogen) atoms. The van der Waals surface area contributed by atoms with Gasteiger partial charge in [0.15, 0.2) is 5.78 Å². The molecule has 0 aromatic rings. The molecule has 2 aliphatic carbocycles. The van der Waals surface area contributed by atoms with Crippen LogP contribution >= 0.6 is 0 Å². The number of allylic oxidation sites excluding steroid dienone is 1. The molecular formula is C15H18O4. The van der Waals surface area contributed by atoms with Gasteiger partial charge in [0.1, 0.15) is 6.10 Å². The van der Waals surface area contributed by atoms with E-state index in [1.165, 1.54) is 0 Å². The molecule has 2 fully saturated rings.